The number of benzene rings is 1. The highest BCUT2D eigenvalue weighted by Gasteiger charge is 2.28. The zero-order valence-corrected chi connectivity index (χ0v) is 14.4. The fourth-order valence-corrected chi connectivity index (χ4v) is 2.57. The van der Waals surface area contributed by atoms with Gasteiger partial charge in [-0.1, -0.05) is 11.6 Å². The molecule has 1 aromatic carbocycles. The zero-order valence-electron chi connectivity index (χ0n) is 13.6. The number of likely N-dealkylation sites (N-methyl/N-ethyl adjacent to an activating group) is 1. The molecule has 0 aliphatic carbocycles. The SMILES string of the molecule is CCNC(=O)/C(=C(/Cl)NCC)c1cc2c(cc1F)OC(C)C(=O)N2. The van der Waals surface area contributed by atoms with Gasteiger partial charge in [-0.2, -0.15) is 0 Å². The number of hydrogen-bond donors (Lipinski definition) is 3. The summed E-state index contributed by atoms with van der Waals surface area (Å²) in [6.45, 7) is 5.94. The van der Waals surface area contributed by atoms with Crippen LogP contribution in [0.25, 0.3) is 5.57 Å². The van der Waals surface area contributed by atoms with Gasteiger partial charge in [0.2, 0.25) is 0 Å². The Morgan fingerprint density at radius 1 is 1.33 bits per heavy atom. The molecule has 8 heteroatoms. The lowest BCUT2D eigenvalue weighted by atomic mass is 10.0. The summed E-state index contributed by atoms with van der Waals surface area (Å²) in [6.07, 6.45) is -0.716. The lowest BCUT2D eigenvalue weighted by molar-refractivity contribution is -0.122. The van der Waals surface area contributed by atoms with Crippen molar-refractivity contribution in [3.63, 3.8) is 0 Å². The fraction of sp³-hybridized carbons (Fsp3) is 0.375. The minimum atomic E-state index is -0.716. The second-order valence-corrected chi connectivity index (χ2v) is 5.53. The third kappa shape index (κ3) is 3.62. The Morgan fingerprint density at radius 2 is 2.00 bits per heavy atom. The van der Waals surface area contributed by atoms with Crippen molar-refractivity contribution < 1.29 is 18.7 Å². The van der Waals surface area contributed by atoms with Crippen molar-refractivity contribution in [2.45, 2.75) is 26.9 Å². The second-order valence-electron chi connectivity index (χ2n) is 5.16. The monoisotopic (exact) mass is 355 g/mol. The number of amides is 2. The van der Waals surface area contributed by atoms with Gasteiger partial charge in [0, 0.05) is 24.7 Å². The maximum Gasteiger partial charge on any atom is 0.265 e. The highest BCUT2D eigenvalue weighted by Crippen LogP contribution is 2.35. The number of hydrogen-bond acceptors (Lipinski definition) is 4. The van der Waals surface area contributed by atoms with E-state index in [4.69, 9.17) is 16.3 Å². The first-order valence-electron chi connectivity index (χ1n) is 7.62. The van der Waals surface area contributed by atoms with E-state index in [0.717, 1.165) is 6.07 Å². The molecular weight excluding hydrogens is 337 g/mol. The number of rotatable bonds is 5. The van der Waals surface area contributed by atoms with Crippen LogP contribution in [0.1, 0.15) is 26.3 Å². The summed E-state index contributed by atoms with van der Waals surface area (Å²) in [5.41, 5.74) is 0.231. The molecule has 0 radical (unpaired) electrons. The third-order valence-electron chi connectivity index (χ3n) is 3.39. The van der Waals surface area contributed by atoms with E-state index in [1.807, 2.05) is 0 Å². The summed E-state index contributed by atoms with van der Waals surface area (Å²) >= 11 is 6.14. The van der Waals surface area contributed by atoms with Gasteiger partial charge in [-0.3, -0.25) is 9.59 Å². The van der Waals surface area contributed by atoms with Gasteiger partial charge in [-0.25, -0.2) is 4.39 Å². The van der Waals surface area contributed by atoms with Crippen LogP contribution < -0.4 is 20.7 Å². The summed E-state index contributed by atoms with van der Waals surface area (Å²) in [5, 5.41) is 8.06. The second kappa shape index (κ2) is 7.53. The van der Waals surface area contributed by atoms with Gasteiger partial charge < -0.3 is 20.7 Å². The van der Waals surface area contributed by atoms with Crippen LogP contribution in [-0.2, 0) is 9.59 Å². The number of anilines is 1. The topological polar surface area (TPSA) is 79.5 Å². The minimum Gasteiger partial charge on any atom is -0.479 e. The maximum absolute atomic E-state index is 14.6. The number of nitrogens with one attached hydrogen (secondary N) is 3. The van der Waals surface area contributed by atoms with Crippen LogP contribution in [-0.4, -0.2) is 31.0 Å². The van der Waals surface area contributed by atoms with Gasteiger partial charge in [-0.05, 0) is 26.8 Å². The van der Waals surface area contributed by atoms with Gasteiger partial charge in [0.15, 0.2) is 6.10 Å². The van der Waals surface area contributed by atoms with Crippen molar-refractivity contribution in [2.24, 2.45) is 0 Å². The van der Waals surface area contributed by atoms with Crippen LogP contribution in [0.5, 0.6) is 5.75 Å². The normalized spacial score (nSPS) is 17.2. The van der Waals surface area contributed by atoms with Crippen molar-refractivity contribution in [3.05, 3.63) is 28.7 Å². The molecule has 1 heterocycles. The van der Waals surface area contributed by atoms with Crippen LogP contribution in [0.15, 0.2) is 17.3 Å². The Hall–Kier alpha value is -2.28. The molecule has 1 aliphatic heterocycles. The van der Waals surface area contributed by atoms with Crippen molar-refractivity contribution in [1.29, 1.82) is 0 Å². The molecule has 0 saturated carbocycles. The first kappa shape index (κ1) is 18.1. The van der Waals surface area contributed by atoms with Crippen molar-refractivity contribution in [3.8, 4) is 5.75 Å². The number of carbonyl (C=O) groups excluding carboxylic acids is 2. The average Bonchev–Trinajstić information content (AvgIpc) is 2.51. The van der Waals surface area contributed by atoms with Crippen LogP contribution in [0.4, 0.5) is 10.1 Å². The molecule has 1 atom stereocenters. The Morgan fingerprint density at radius 3 is 2.62 bits per heavy atom. The first-order chi connectivity index (χ1) is 11.4. The average molecular weight is 356 g/mol. The molecule has 2 amide bonds. The van der Waals surface area contributed by atoms with Crippen LogP contribution in [0.3, 0.4) is 0 Å². The predicted molar refractivity (Wildman–Crippen MR) is 90.3 cm³/mol. The third-order valence-corrected chi connectivity index (χ3v) is 3.71. The van der Waals surface area contributed by atoms with E-state index in [2.05, 4.69) is 16.0 Å². The van der Waals surface area contributed by atoms with Crippen molar-refractivity contribution >= 4 is 34.7 Å². The molecule has 0 saturated heterocycles. The van der Waals surface area contributed by atoms with Crippen molar-refractivity contribution in [1.82, 2.24) is 10.6 Å². The quantitative estimate of drug-likeness (QED) is 0.559. The highest BCUT2D eigenvalue weighted by molar-refractivity contribution is 6.39. The molecule has 1 aliphatic rings. The van der Waals surface area contributed by atoms with E-state index in [0.29, 0.717) is 13.1 Å². The first-order valence-corrected chi connectivity index (χ1v) is 8.00. The molecule has 24 heavy (non-hydrogen) atoms. The van der Waals surface area contributed by atoms with Gasteiger partial charge in [0.05, 0.1) is 11.3 Å². The summed E-state index contributed by atoms with van der Waals surface area (Å²) in [4.78, 5) is 24.1. The van der Waals surface area contributed by atoms with Crippen molar-refractivity contribution in [2.75, 3.05) is 18.4 Å². The summed E-state index contributed by atoms with van der Waals surface area (Å²) in [5.74, 6) is -1.33. The lowest BCUT2D eigenvalue weighted by Gasteiger charge is -2.24. The van der Waals surface area contributed by atoms with E-state index in [1.54, 1.807) is 20.8 Å². The van der Waals surface area contributed by atoms with Gasteiger partial charge >= 0.3 is 0 Å². The van der Waals surface area contributed by atoms with E-state index >= 15 is 0 Å². The standard InChI is InChI=1S/C16H19ClFN3O3/c1-4-19-14(17)13(16(23)20-5-2)9-6-11-12(7-10(9)18)24-8(3)15(22)21-11/h6-8,19H,4-5H2,1-3H3,(H,20,23)(H,21,22)/b14-13-. The van der Waals surface area contributed by atoms with E-state index in [9.17, 15) is 14.0 Å². The van der Waals surface area contributed by atoms with E-state index in [-0.39, 0.29) is 33.6 Å². The Balaban J connectivity index is 2.55. The van der Waals surface area contributed by atoms with Gasteiger partial charge in [0.1, 0.15) is 16.7 Å². The molecular formula is C16H19ClFN3O3. The maximum atomic E-state index is 14.6. The molecule has 1 unspecified atom stereocenters. The predicted octanol–water partition coefficient (Wildman–Crippen LogP) is 2.20. The Labute approximate surface area is 144 Å². The number of carbonyl (C=O) groups is 2. The molecule has 0 aromatic heterocycles. The molecule has 3 N–H and O–H groups in total. The highest BCUT2D eigenvalue weighted by atomic mass is 35.5. The molecule has 130 valence electrons. The summed E-state index contributed by atoms with van der Waals surface area (Å²) < 4.78 is 19.9. The lowest BCUT2D eigenvalue weighted by Crippen LogP contribution is -2.34. The molecule has 6 nitrogen and oxygen atoms in total. The fourth-order valence-electron chi connectivity index (χ4n) is 2.25. The number of halogens is 2. The van der Waals surface area contributed by atoms with Gasteiger partial charge in [0.25, 0.3) is 11.8 Å². The minimum absolute atomic E-state index is 0.0240. The molecule has 0 fully saturated rings. The Kier molecular flexibility index (Phi) is 5.66. The van der Waals surface area contributed by atoms with Crippen LogP contribution in [0, 0.1) is 5.82 Å². The molecule has 1 aromatic rings. The molecule has 0 bridgehead atoms. The number of ether oxygens (including phenoxy) is 1. The van der Waals surface area contributed by atoms with Crippen LogP contribution >= 0.6 is 11.6 Å². The van der Waals surface area contributed by atoms with Crippen LogP contribution in [0.2, 0.25) is 0 Å². The van der Waals surface area contributed by atoms with E-state index in [1.165, 1.54) is 6.07 Å². The largest absolute Gasteiger partial charge is 0.479 e. The molecule has 0 spiro atoms. The smallest absolute Gasteiger partial charge is 0.265 e. The summed E-state index contributed by atoms with van der Waals surface area (Å²) in [7, 11) is 0. The summed E-state index contributed by atoms with van der Waals surface area (Å²) in [6, 6.07) is 2.48. The molecule has 2 rings (SSSR count). The number of fused-ring (bicyclic) bond motifs is 1. The Bertz CT molecular complexity index is 706. The zero-order chi connectivity index (χ0) is 17.9. The van der Waals surface area contributed by atoms with E-state index < -0.39 is 17.8 Å². The van der Waals surface area contributed by atoms with Gasteiger partial charge in [-0.15, -0.1) is 0 Å².